The van der Waals surface area contributed by atoms with E-state index in [1.54, 1.807) is 49.5 Å². The van der Waals surface area contributed by atoms with Crippen LogP contribution in [0.5, 0.6) is 11.5 Å². The minimum absolute atomic E-state index is 0.171. The first kappa shape index (κ1) is 13.2. The smallest absolute Gasteiger partial charge is 0.265 e. The van der Waals surface area contributed by atoms with E-state index < -0.39 is 6.10 Å². The number of carbonyl (C=O) groups excluding carboxylic acids is 1. The van der Waals surface area contributed by atoms with Crippen molar-refractivity contribution in [2.75, 3.05) is 5.32 Å². The van der Waals surface area contributed by atoms with Crippen LogP contribution in [0.25, 0.3) is 0 Å². The summed E-state index contributed by atoms with van der Waals surface area (Å²) >= 11 is 0. The molecule has 0 bridgehead atoms. The van der Waals surface area contributed by atoms with Crippen molar-refractivity contribution in [3.63, 3.8) is 0 Å². The summed E-state index contributed by atoms with van der Waals surface area (Å²) in [6.07, 6.45) is 1.08. The van der Waals surface area contributed by atoms with Gasteiger partial charge in [-0.1, -0.05) is 12.1 Å². The molecule has 0 fully saturated rings. The molecule has 2 N–H and O–H groups in total. The molecule has 0 saturated carbocycles. The van der Waals surface area contributed by atoms with Crippen LogP contribution in [-0.4, -0.2) is 23.3 Å². The molecule has 0 saturated heterocycles. The number of phenolic OH excluding ortho intramolecular Hbond substituents is 1. The molecule has 3 rings (SSSR count). The Hall–Kier alpha value is -2.82. The average molecular weight is 282 g/mol. The van der Waals surface area contributed by atoms with Gasteiger partial charge in [0.15, 0.2) is 6.10 Å². The van der Waals surface area contributed by atoms with Crippen LogP contribution in [0.3, 0.4) is 0 Å². The fourth-order valence-corrected chi connectivity index (χ4v) is 2.02. The molecule has 1 aliphatic heterocycles. The number of nitrogens with zero attached hydrogens (tertiary/aromatic N) is 1. The number of para-hydroxylation sites is 1. The minimum Gasteiger partial charge on any atom is -0.507 e. The van der Waals surface area contributed by atoms with Crippen molar-refractivity contribution in [1.82, 2.24) is 0 Å². The second-order valence-electron chi connectivity index (χ2n) is 4.75. The Morgan fingerprint density at radius 1 is 1.29 bits per heavy atom. The number of amides is 1. The Kier molecular flexibility index (Phi) is 3.31. The molecule has 0 aromatic heterocycles. The number of aromatic hydroxyl groups is 1. The number of hydrogen-bond acceptors (Lipinski definition) is 4. The van der Waals surface area contributed by atoms with E-state index in [9.17, 15) is 9.90 Å². The van der Waals surface area contributed by atoms with Crippen molar-refractivity contribution in [3.8, 4) is 11.5 Å². The van der Waals surface area contributed by atoms with Gasteiger partial charge in [0.25, 0.3) is 5.91 Å². The number of anilines is 1. The number of phenols is 1. The number of carbonyl (C=O) groups is 1. The molecule has 106 valence electrons. The zero-order valence-electron chi connectivity index (χ0n) is 11.4. The van der Waals surface area contributed by atoms with Gasteiger partial charge in [0.05, 0.1) is 11.4 Å². The first-order valence-corrected chi connectivity index (χ1v) is 6.57. The zero-order chi connectivity index (χ0) is 14.8. The normalized spacial score (nSPS) is 17.2. The summed E-state index contributed by atoms with van der Waals surface area (Å²) in [7, 11) is 0. The van der Waals surface area contributed by atoms with Gasteiger partial charge < -0.3 is 15.2 Å². The maximum atomic E-state index is 11.6. The highest BCUT2D eigenvalue weighted by Gasteiger charge is 2.23. The van der Waals surface area contributed by atoms with Crippen LogP contribution in [0, 0.1) is 0 Å². The largest absolute Gasteiger partial charge is 0.507 e. The Bertz CT molecular complexity index is 725. The fourth-order valence-electron chi connectivity index (χ4n) is 2.02. The van der Waals surface area contributed by atoms with Crippen LogP contribution in [0.1, 0.15) is 12.5 Å². The molecule has 5 heteroatoms. The summed E-state index contributed by atoms with van der Waals surface area (Å²) in [6, 6.07) is 12.2. The summed E-state index contributed by atoms with van der Waals surface area (Å²) < 4.78 is 5.48. The third-order valence-electron chi connectivity index (χ3n) is 3.18. The number of nitrogens with one attached hydrogen (secondary N) is 1. The molecule has 0 spiro atoms. The van der Waals surface area contributed by atoms with Gasteiger partial charge in [-0.05, 0) is 37.3 Å². The van der Waals surface area contributed by atoms with Crippen molar-refractivity contribution in [1.29, 1.82) is 0 Å². The number of benzene rings is 2. The molecule has 21 heavy (non-hydrogen) atoms. The molecule has 1 aliphatic rings. The molecular formula is C16H14N2O3. The highest BCUT2D eigenvalue weighted by Crippen LogP contribution is 2.33. The highest BCUT2D eigenvalue weighted by molar-refractivity contribution is 5.98. The number of ether oxygens (including phenoxy) is 1. The standard InChI is InChI=1S/C16H14N2O3/c1-10-16(20)18-13-8-12(6-7-15(13)21-10)17-9-11-4-2-3-5-14(11)19/h2-10,19H,1H3,(H,18,20)/t10-/m1/s1. The first-order chi connectivity index (χ1) is 10.1. The van der Waals surface area contributed by atoms with E-state index in [4.69, 9.17) is 4.74 Å². The minimum atomic E-state index is -0.492. The van der Waals surface area contributed by atoms with E-state index in [1.165, 1.54) is 0 Å². The number of fused-ring (bicyclic) bond motifs is 1. The van der Waals surface area contributed by atoms with E-state index >= 15 is 0 Å². The molecule has 0 aliphatic carbocycles. The van der Waals surface area contributed by atoms with E-state index in [2.05, 4.69) is 10.3 Å². The van der Waals surface area contributed by atoms with Crippen LogP contribution < -0.4 is 10.1 Å². The van der Waals surface area contributed by atoms with Crippen molar-refractivity contribution in [3.05, 3.63) is 48.0 Å². The fraction of sp³-hybridized carbons (Fsp3) is 0.125. The zero-order valence-corrected chi connectivity index (χ0v) is 11.4. The Morgan fingerprint density at radius 3 is 2.90 bits per heavy atom. The molecule has 5 nitrogen and oxygen atoms in total. The van der Waals surface area contributed by atoms with Gasteiger partial charge in [-0.2, -0.15) is 0 Å². The molecule has 2 aromatic rings. The van der Waals surface area contributed by atoms with Crippen LogP contribution in [0.4, 0.5) is 11.4 Å². The van der Waals surface area contributed by atoms with E-state index in [0.717, 1.165) is 0 Å². The van der Waals surface area contributed by atoms with Crippen LogP contribution >= 0.6 is 0 Å². The topological polar surface area (TPSA) is 70.9 Å². The molecule has 1 heterocycles. The maximum Gasteiger partial charge on any atom is 0.265 e. The van der Waals surface area contributed by atoms with Crippen molar-refractivity contribution < 1.29 is 14.6 Å². The van der Waals surface area contributed by atoms with Gasteiger partial charge in [0.1, 0.15) is 11.5 Å². The molecule has 1 amide bonds. The lowest BCUT2D eigenvalue weighted by molar-refractivity contribution is -0.122. The summed E-state index contributed by atoms with van der Waals surface area (Å²) in [5, 5.41) is 12.4. The van der Waals surface area contributed by atoms with E-state index in [-0.39, 0.29) is 11.7 Å². The van der Waals surface area contributed by atoms with Gasteiger partial charge in [-0.25, -0.2) is 0 Å². The molecule has 1 atom stereocenters. The third kappa shape index (κ3) is 2.72. The van der Waals surface area contributed by atoms with Crippen LogP contribution in [0.15, 0.2) is 47.5 Å². The first-order valence-electron chi connectivity index (χ1n) is 6.57. The summed E-state index contributed by atoms with van der Waals surface area (Å²) in [5.41, 5.74) is 1.89. The van der Waals surface area contributed by atoms with Crippen LogP contribution in [-0.2, 0) is 4.79 Å². The predicted octanol–water partition coefficient (Wildman–Crippen LogP) is 2.86. The van der Waals surface area contributed by atoms with Crippen molar-refractivity contribution >= 4 is 23.5 Å². The van der Waals surface area contributed by atoms with Crippen LogP contribution in [0.2, 0.25) is 0 Å². The maximum absolute atomic E-state index is 11.6. The van der Waals surface area contributed by atoms with Crippen molar-refractivity contribution in [2.45, 2.75) is 13.0 Å². The van der Waals surface area contributed by atoms with Gasteiger partial charge >= 0.3 is 0 Å². The summed E-state index contributed by atoms with van der Waals surface area (Å²) in [5.74, 6) is 0.623. The molecular weight excluding hydrogens is 268 g/mol. The quantitative estimate of drug-likeness (QED) is 0.832. The molecule has 0 unspecified atom stereocenters. The predicted molar refractivity (Wildman–Crippen MR) is 80.5 cm³/mol. The second-order valence-corrected chi connectivity index (χ2v) is 4.75. The lowest BCUT2D eigenvalue weighted by Crippen LogP contribution is -2.34. The average Bonchev–Trinajstić information content (AvgIpc) is 2.48. The highest BCUT2D eigenvalue weighted by atomic mass is 16.5. The molecule has 2 aromatic carbocycles. The summed E-state index contributed by atoms with van der Waals surface area (Å²) in [4.78, 5) is 15.9. The van der Waals surface area contributed by atoms with Gasteiger partial charge in [0.2, 0.25) is 0 Å². The monoisotopic (exact) mass is 282 g/mol. The number of rotatable bonds is 2. The van der Waals surface area contributed by atoms with E-state index in [0.29, 0.717) is 22.7 Å². The number of hydrogen-bond donors (Lipinski definition) is 2. The summed E-state index contributed by atoms with van der Waals surface area (Å²) in [6.45, 7) is 1.70. The lowest BCUT2D eigenvalue weighted by Gasteiger charge is -2.23. The van der Waals surface area contributed by atoms with Gasteiger partial charge in [-0.3, -0.25) is 9.79 Å². The SMILES string of the molecule is C[C@H]1Oc2ccc(N=Cc3ccccc3O)cc2NC1=O. The Morgan fingerprint density at radius 2 is 2.10 bits per heavy atom. The Labute approximate surface area is 121 Å². The van der Waals surface area contributed by atoms with Gasteiger partial charge in [0, 0.05) is 11.8 Å². The number of aliphatic imine (C=N–C) groups is 1. The molecule has 0 radical (unpaired) electrons. The second kappa shape index (κ2) is 5.28. The Balaban J connectivity index is 1.86. The lowest BCUT2D eigenvalue weighted by atomic mass is 10.2. The van der Waals surface area contributed by atoms with Gasteiger partial charge in [-0.15, -0.1) is 0 Å². The van der Waals surface area contributed by atoms with Crippen molar-refractivity contribution in [2.24, 2.45) is 4.99 Å². The third-order valence-corrected chi connectivity index (χ3v) is 3.18. The van der Waals surface area contributed by atoms with E-state index in [1.807, 2.05) is 6.07 Å².